The van der Waals surface area contributed by atoms with Crippen molar-refractivity contribution in [3.63, 3.8) is 0 Å². The molecule has 0 unspecified atom stereocenters. The quantitative estimate of drug-likeness (QED) is 0.237. The van der Waals surface area contributed by atoms with Gasteiger partial charge in [-0.25, -0.2) is 0 Å². The molecule has 0 heterocycles. The van der Waals surface area contributed by atoms with Gasteiger partial charge in [0, 0.05) is 22.5 Å². The lowest BCUT2D eigenvalue weighted by atomic mass is 9.82. The third-order valence-corrected chi connectivity index (χ3v) is 7.80. The van der Waals surface area contributed by atoms with E-state index in [1.54, 1.807) is 0 Å². The summed E-state index contributed by atoms with van der Waals surface area (Å²) in [7, 11) is 0. The maximum Gasteiger partial charge on any atom is 0.196 e. The zero-order chi connectivity index (χ0) is 27.5. The average Bonchev–Trinajstić information content (AvgIpc) is 2.83. The highest BCUT2D eigenvalue weighted by Crippen LogP contribution is 2.42. The van der Waals surface area contributed by atoms with Gasteiger partial charge in [-0.05, 0) is 88.1 Å². The second-order valence-electron chi connectivity index (χ2n) is 10.2. The highest BCUT2D eigenvalue weighted by Gasteiger charge is 2.35. The fraction of sp³-hybridized carbons (Fsp3) is 0.188. The molecule has 0 fully saturated rings. The van der Waals surface area contributed by atoms with Crippen LogP contribution >= 0.6 is 23.2 Å². The summed E-state index contributed by atoms with van der Waals surface area (Å²) in [5.74, 6) is -0.557. The Morgan fingerprint density at radius 3 is 1.16 bits per heavy atom. The predicted molar refractivity (Wildman–Crippen MR) is 158 cm³/mol. The van der Waals surface area contributed by atoms with Gasteiger partial charge in [0.05, 0.1) is 32.5 Å². The van der Waals surface area contributed by atoms with E-state index < -0.39 is 0 Å². The fourth-order valence-corrected chi connectivity index (χ4v) is 5.83. The van der Waals surface area contributed by atoms with Crippen LogP contribution in [0.1, 0.15) is 65.2 Å². The molecule has 0 spiro atoms. The zero-order valence-corrected chi connectivity index (χ0v) is 23.7. The van der Waals surface area contributed by atoms with E-state index in [9.17, 15) is 9.59 Å². The van der Waals surface area contributed by atoms with Crippen LogP contribution < -0.4 is 10.6 Å². The molecule has 1 aliphatic rings. The molecule has 0 atom stereocenters. The number of carbonyl (C=O) groups excluding carboxylic acids is 2. The monoisotopic (exact) mass is 542 g/mol. The van der Waals surface area contributed by atoms with E-state index in [2.05, 4.69) is 48.7 Å². The van der Waals surface area contributed by atoms with E-state index in [1.807, 2.05) is 39.8 Å². The van der Waals surface area contributed by atoms with E-state index in [0.717, 1.165) is 44.8 Å². The molecule has 1 aliphatic carbocycles. The van der Waals surface area contributed by atoms with Crippen LogP contribution in [0, 0.1) is 41.5 Å². The number of aryl methyl sites for hydroxylation is 6. The number of carbonyl (C=O) groups is 2. The Kier molecular flexibility index (Phi) is 6.58. The van der Waals surface area contributed by atoms with Gasteiger partial charge in [-0.15, -0.1) is 0 Å². The SMILES string of the molecule is Cc1cc(C)c(Nc2ccc(Nc3c(C)cc(C)cc3C)c3c2C(=O)c2cc(Cl)c(Cl)cc2C3=O)c(C)c1. The summed E-state index contributed by atoms with van der Waals surface area (Å²) in [5.41, 5.74) is 10.6. The van der Waals surface area contributed by atoms with Crippen LogP contribution in [0.15, 0.2) is 48.5 Å². The number of anilines is 4. The molecule has 0 aromatic heterocycles. The molecule has 4 aromatic carbocycles. The second kappa shape index (κ2) is 9.61. The van der Waals surface area contributed by atoms with Gasteiger partial charge < -0.3 is 10.6 Å². The Hall–Kier alpha value is -3.60. The molecule has 2 N–H and O–H groups in total. The van der Waals surface area contributed by atoms with Gasteiger partial charge >= 0.3 is 0 Å². The number of halogens is 2. The topological polar surface area (TPSA) is 58.2 Å². The Bertz CT molecular complexity index is 1520. The standard InChI is InChI=1S/C32H28Cl2N2O2/c1-15-9-17(3)29(18(4)10-15)35-25-7-8-26(36-30-19(5)11-16(2)12-20(30)6)28-27(25)31(37)21-13-23(33)24(34)14-22(21)32(28)38/h7-14,35-36H,1-6H3. The average molecular weight is 543 g/mol. The molecule has 6 heteroatoms. The maximum absolute atomic E-state index is 14.0. The molecule has 5 rings (SSSR count). The predicted octanol–water partition coefficient (Wildman–Crippen LogP) is 9.11. The highest BCUT2D eigenvalue weighted by molar-refractivity contribution is 6.43. The minimum Gasteiger partial charge on any atom is -0.354 e. The molecule has 0 amide bonds. The van der Waals surface area contributed by atoms with Crippen molar-refractivity contribution in [2.45, 2.75) is 41.5 Å². The van der Waals surface area contributed by atoms with Gasteiger partial charge in [0.25, 0.3) is 0 Å². The van der Waals surface area contributed by atoms with Gasteiger partial charge in [-0.2, -0.15) is 0 Å². The summed E-state index contributed by atoms with van der Waals surface area (Å²) in [6.07, 6.45) is 0. The number of benzene rings is 4. The van der Waals surface area contributed by atoms with E-state index in [4.69, 9.17) is 23.2 Å². The summed E-state index contributed by atoms with van der Waals surface area (Å²) in [6, 6.07) is 15.0. The summed E-state index contributed by atoms with van der Waals surface area (Å²) >= 11 is 12.5. The number of hydrogen-bond acceptors (Lipinski definition) is 4. The Balaban J connectivity index is 1.74. The molecule has 0 saturated heterocycles. The molecule has 0 radical (unpaired) electrons. The van der Waals surface area contributed by atoms with Crippen molar-refractivity contribution >= 4 is 57.5 Å². The lowest BCUT2D eigenvalue weighted by Gasteiger charge is -2.26. The van der Waals surface area contributed by atoms with Crippen LogP contribution in [-0.4, -0.2) is 11.6 Å². The molecule has 192 valence electrons. The van der Waals surface area contributed by atoms with Crippen molar-refractivity contribution in [2.75, 3.05) is 10.6 Å². The van der Waals surface area contributed by atoms with E-state index in [0.29, 0.717) is 22.5 Å². The van der Waals surface area contributed by atoms with Crippen LogP contribution in [0.25, 0.3) is 0 Å². The van der Waals surface area contributed by atoms with Crippen molar-refractivity contribution < 1.29 is 9.59 Å². The van der Waals surface area contributed by atoms with E-state index in [1.165, 1.54) is 12.1 Å². The fourth-order valence-electron chi connectivity index (χ4n) is 5.50. The lowest BCUT2D eigenvalue weighted by Crippen LogP contribution is -2.24. The third-order valence-electron chi connectivity index (χ3n) is 7.08. The number of fused-ring (bicyclic) bond motifs is 2. The first kappa shape index (κ1) is 26.0. The first-order valence-electron chi connectivity index (χ1n) is 12.4. The smallest absolute Gasteiger partial charge is 0.196 e. The zero-order valence-electron chi connectivity index (χ0n) is 22.2. The van der Waals surface area contributed by atoms with Gasteiger partial charge in [-0.3, -0.25) is 9.59 Å². The number of hydrogen-bond donors (Lipinski definition) is 2. The van der Waals surface area contributed by atoms with Crippen molar-refractivity contribution in [3.05, 3.63) is 114 Å². The summed E-state index contributed by atoms with van der Waals surface area (Å²) in [6.45, 7) is 12.2. The van der Waals surface area contributed by atoms with Crippen LogP contribution in [0.3, 0.4) is 0 Å². The van der Waals surface area contributed by atoms with Crippen LogP contribution in [0.2, 0.25) is 10.0 Å². The van der Waals surface area contributed by atoms with Gasteiger partial charge in [-0.1, -0.05) is 58.6 Å². The van der Waals surface area contributed by atoms with E-state index >= 15 is 0 Å². The highest BCUT2D eigenvalue weighted by atomic mass is 35.5. The third kappa shape index (κ3) is 4.38. The first-order valence-corrected chi connectivity index (χ1v) is 13.2. The first-order chi connectivity index (χ1) is 18.0. The van der Waals surface area contributed by atoms with Crippen molar-refractivity contribution in [3.8, 4) is 0 Å². The molecule has 38 heavy (non-hydrogen) atoms. The molecule has 4 nitrogen and oxygen atoms in total. The minimum absolute atomic E-state index is 0.231. The van der Waals surface area contributed by atoms with Crippen molar-refractivity contribution in [1.29, 1.82) is 0 Å². The van der Waals surface area contributed by atoms with Crippen LogP contribution in [0.5, 0.6) is 0 Å². The van der Waals surface area contributed by atoms with Gasteiger partial charge in [0.2, 0.25) is 0 Å². The molecule has 4 aromatic rings. The molecular formula is C32H28Cl2N2O2. The molecule has 0 saturated carbocycles. The maximum atomic E-state index is 14.0. The Morgan fingerprint density at radius 2 is 0.842 bits per heavy atom. The van der Waals surface area contributed by atoms with Crippen molar-refractivity contribution in [2.24, 2.45) is 0 Å². The van der Waals surface area contributed by atoms with Crippen LogP contribution in [0.4, 0.5) is 22.7 Å². The normalized spacial score (nSPS) is 12.3. The summed E-state index contributed by atoms with van der Waals surface area (Å²) in [5, 5.41) is 7.39. The molecule has 0 bridgehead atoms. The van der Waals surface area contributed by atoms with Crippen molar-refractivity contribution in [1.82, 2.24) is 0 Å². The number of ketones is 2. The van der Waals surface area contributed by atoms with Crippen LogP contribution in [-0.2, 0) is 0 Å². The minimum atomic E-state index is -0.279. The van der Waals surface area contributed by atoms with Gasteiger partial charge in [0.1, 0.15) is 0 Å². The lowest BCUT2D eigenvalue weighted by molar-refractivity contribution is 0.0980. The molecule has 0 aliphatic heterocycles. The Morgan fingerprint density at radius 1 is 0.526 bits per heavy atom. The number of rotatable bonds is 4. The largest absolute Gasteiger partial charge is 0.354 e. The van der Waals surface area contributed by atoms with E-state index in [-0.39, 0.29) is 32.7 Å². The molecular weight excluding hydrogens is 515 g/mol. The summed E-state index contributed by atoms with van der Waals surface area (Å²) in [4.78, 5) is 28.0. The summed E-state index contributed by atoms with van der Waals surface area (Å²) < 4.78 is 0. The Labute approximate surface area is 233 Å². The number of nitrogens with one attached hydrogen (secondary N) is 2. The van der Waals surface area contributed by atoms with Gasteiger partial charge in [0.15, 0.2) is 11.6 Å². The second-order valence-corrected chi connectivity index (χ2v) is 11.0.